The molecule has 160 valence electrons. The number of hydrogen-bond donors (Lipinski definition) is 1. The van der Waals surface area contributed by atoms with Crippen LogP contribution in [0.5, 0.6) is 0 Å². The van der Waals surface area contributed by atoms with Gasteiger partial charge in [0.05, 0.1) is 28.1 Å². The van der Waals surface area contributed by atoms with Crippen molar-refractivity contribution in [3.05, 3.63) is 98.7 Å². The van der Waals surface area contributed by atoms with Crippen molar-refractivity contribution < 1.29 is 22.0 Å². The van der Waals surface area contributed by atoms with Crippen LogP contribution < -0.4 is 5.43 Å². The molecule has 1 heterocycles. The van der Waals surface area contributed by atoms with Crippen molar-refractivity contribution in [2.24, 2.45) is 0 Å². The normalized spacial score (nSPS) is 11.5. The van der Waals surface area contributed by atoms with Gasteiger partial charge < -0.3 is 0 Å². The molecule has 0 saturated carbocycles. The third-order valence-corrected chi connectivity index (χ3v) is 5.00. The first-order chi connectivity index (χ1) is 15.2. The molecule has 9 heteroatoms. The van der Waals surface area contributed by atoms with Crippen LogP contribution in [0.15, 0.2) is 59.4 Å². The average Bonchev–Trinajstić information content (AvgIpc) is 2.75. The van der Waals surface area contributed by atoms with Crippen molar-refractivity contribution >= 4 is 10.9 Å². The lowest BCUT2D eigenvalue weighted by Crippen LogP contribution is -2.15. The standard InChI is InChI=1S/C23H12F5N3O/c24-17-9-12(11-29)7-8-13(17)10-14-3-1-6-18-19(14)22(32)21(31-30-18)15-4-2-5-16(20(15)25)23(26,27)28/h1-9H,10H2,(H,30,32). The number of aromatic amines is 1. The molecule has 3 aromatic carbocycles. The van der Waals surface area contributed by atoms with Crippen molar-refractivity contribution in [3.8, 4) is 17.3 Å². The van der Waals surface area contributed by atoms with Crippen molar-refractivity contribution in [2.45, 2.75) is 12.6 Å². The van der Waals surface area contributed by atoms with Crippen molar-refractivity contribution in [3.63, 3.8) is 0 Å². The minimum Gasteiger partial charge on any atom is -0.287 e. The number of alkyl halides is 3. The Morgan fingerprint density at radius 3 is 2.44 bits per heavy atom. The van der Waals surface area contributed by atoms with Crippen molar-refractivity contribution in [1.82, 2.24) is 10.2 Å². The van der Waals surface area contributed by atoms with Crippen LogP contribution in [0.2, 0.25) is 0 Å². The molecule has 0 spiro atoms. The molecule has 0 unspecified atom stereocenters. The van der Waals surface area contributed by atoms with Crippen molar-refractivity contribution in [1.29, 1.82) is 5.26 Å². The molecule has 4 nitrogen and oxygen atoms in total. The maximum Gasteiger partial charge on any atom is 0.419 e. The summed E-state index contributed by atoms with van der Waals surface area (Å²) in [6.45, 7) is 0. The minimum absolute atomic E-state index is 0.0352. The highest BCUT2D eigenvalue weighted by atomic mass is 19.4. The highest BCUT2D eigenvalue weighted by molar-refractivity contribution is 5.85. The van der Waals surface area contributed by atoms with E-state index < -0.39 is 40.1 Å². The molecule has 0 fully saturated rings. The van der Waals surface area contributed by atoms with Gasteiger partial charge in [-0.2, -0.15) is 23.5 Å². The molecule has 0 radical (unpaired) electrons. The van der Waals surface area contributed by atoms with Crippen LogP contribution in [-0.2, 0) is 12.6 Å². The van der Waals surface area contributed by atoms with Gasteiger partial charge in [-0.05, 0) is 41.5 Å². The molecule has 1 aromatic heterocycles. The van der Waals surface area contributed by atoms with E-state index in [4.69, 9.17) is 5.26 Å². The van der Waals surface area contributed by atoms with Gasteiger partial charge >= 0.3 is 6.18 Å². The fourth-order valence-electron chi connectivity index (χ4n) is 3.48. The summed E-state index contributed by atoms with van der Waals surface area (Å²) in [7, 11) is 0. The molecule has 0 aliphatic rings. The lowest BCUT2D eigenvalue weighted by atomic mass is 9.97. The maximum absolute atomic E-state index is 14.6. The van der Waals surface area contributed by atoms with Gasteiger partial charge in [0.2, 0.25) is 5.43 Å². The lowest BCUT2D eigenvalue weighted by molar-refractivity contribution is -0.139. The number of benzene rings is 3. The molecule has 4 aromatic rings. The second kappa shape index (κ2) is 7.89. The predicted octanol–water partition coefficient (Wildman–Crippen LogP) is 5.35. The first kappa shape index (κ1) is 21.2. The number of nitriles is 1. The van der Waals surface area contributed by atoms with Crippen LogP contribution in [-0.4, -0.2) is 10.2 Å². The number of fused-ring (bicyclic) bond motifs is 1. The summed E-state index contributed by atoms with van der Waals surface area (Å²) in [5, 5.41) is 15.3. The smallest absolute Gasteiger partial charge is 0.287 e. The van der Waals surface area contributed by atoms with E-state index in [0.29, 0.717) is 11.6 Å². The SMILES string of the molecule is N#Cc1ccc(Cc2cccc3[nH]nc(-c4cccc(C(F)(F)F)c4F)c(=O)c23)c(F)c1. The van der Waals surface area contributed by atoms with E-state index in [1.54, 1.807) is 12.1 Å². The summed E-state index contributed by atoms with van der Waals surface area (Å²) in [4.78, 5) is 13.2. The van der Waals surface area contributed by atoms with Gasteiger partial charge in [-0.3, -0.25) is 9.89 Å². The van der Waals surface area contributed by atoms with E-state index in [9.17, 15) is 26.7 Å². The summed E-state index contributed by atoms with van der Waals surface area (Å²) in [6.07, 6.45) is -4.98. The molecule has 0 aliphatic carbocycles. The number of nitrogens with one attached hydrogen (secondary N) is 1. The van der Waals surface area contributed by atoms with Gasteiger partial charge in [-0.25, -0.2) is 8.78 Å². The molecule has 4 rings (SSSR count). The van der Waals surface area contributed by atoms with Crippen LogP contribution in [0.1, 0.15) is 22.3 Å². The van der Waals surface area contributed by atoms with E-state index in [1.807, 2.05) is 6.07 Å². The highest BCUT2D eigenvalue weighted by Crippen LogP contribution is 2.34. The second-order valence-corrected chi connectivity index (χ2v) is 7.00. The van der Waals surface area contributed by atoms with Crippen LogP contribution >= 0.6 is 0 Å². The molecule has 0 amide bonds. The Balaban J connectivity index is 1.89. The van der Waals surface area contributed by atoms with Crippen LogP contribution in [0, 0.1) is 23.0 Å². The summed E-state index contributed by atoms with van der Waals surface area (Å²) < 4.78 is 68.3. The zero-order valence-electron chi connectivity index (χ0n) is 16.1. The first-order valence-corrected chi connectivity index (χ1v) is 9.25. The fourth-order valence-corrected chi connectivity index (χ4v) is 3.48. The summed E-state index contributed by atoms with van der Waals surface area (Å²) in [6, 6.07) is 13.0. The van der Waals surface area contributed by atoms with Gasteiger partial charge in [0, 0.05) is 12.0 Å². The molecule has 0 aliphatic heterocycles. The number of aromatic nitrogens is 2. The average molecular weight is 441 g/mol. The van der Waals surface area contributed by atoms with E-state index in [1.165, 1.54) is 18.2 Å². The third-order valence-electron chi connectivity index (χ3n) is 5.00. The first-order valence-electron chi connectivity index (χ1n) is 9.25. The molecule has 1 N–H and O–H groups in total. The number of H-pyrrole nitrogens is 1. The Bertz CT molecular complexity index is 1450. The number of nitrogens with zero attached hydrogens (tertiary/aromatic N) is 2. The Morgan fingerprint density at radius 2 is 1.75 bits per heavy atom. The molecular weight excluding hydrogens is 429 g/mol. The molecule has 32 heavy (non-hydrogen) atoms. The van der Waals surface area contributed by atoms with E-state index in [0.717, 1.165) is 18.2 Å². The fraction of sp³-hybridized carbons (Fsp3) is 0.0870. The van der Waals surface area contributed by atoms with Gasteiger partial charge in [-0.1, -0.05) is 24.3 Å². The summed E-state index contributed by atoms with van der Waals surface area (Å²) >= 11 is 0. The topological polar surface area (TPSA) is 69.5 Å². The quantitative estimate of drug-likeness (QED) is 0.436. The van der Waals surface area contributed by atoms with Gasteiger partial charge in [-0.15, -0.1) is 0 Å². The van der Waals surface area contributed by atoms with Crippen LogP contribution in [0.4, 0.5) is 22.0 Å². The number of hydrogen-bond acceptors (Lipinski definition) is 3. The molecule has 0 bridgehead atoms. The van der Waals surface area contributed by atoms with Crippen molar-refractivity contribution in [2.75, 3.05) is 0 Å². The zero-order chi connectivity index (χ0) is 23.0. The van der Waals surface area contributed by atoms with Crippen LogP contribution in [0.25, 0.3) is 22.2 Å². The van der Waals surface area contributed by atoms with Crippen LogP contribution in [0.3, 0.4) is 0 Å². The Hall–Kier alpha value is -4.06. The largest absolute Gasteiger partial charge is 0.419 e. The Kier molecular flexibility index (Phi) is 5.22. The Labute approximate surface area is 177 Å². The van der Waals surface area contributed by atoms with E-state index >= 15 is 0 Å². The maximum atomic E-state index is 14.6. The summed E-state index contributed by atoms with van der Waals surface area (Å²) in [5.41, 5.74) is -2.45. The predicted molar refractivity (Wildman–Crippen MR) is 107 cm³/mol. The van der Waals surface area contributed by atoms with Gasteiger partial charge in [0.15, 0.2) is 0 Å². The number of rotatable bonds is 3. The third kappa shape index (κ3) is 3.71. The van der Waals surface area contributed by atoms with E-state index in [2.05, 4.69) is 10.2 Å². The number of halogens is 5. The zero-order valence-corrected chi connectivity index (χ0v) is 16.1. The highest BCUT2D eigenvalue weighted by Gasteiger charge is 2.35. The lowest BCUT2D eigenvalue weighted by Gasteiger charge is -2.12. The Morgan fingerprint density at radius 1 is 1.00 bits per heavy atom. The molecular formula is C23H12F5N3O. The van der Waals surface area contributed by atoms with Gasteiger partial charge in [0.1, 0.15) is 17.3 Å². The minimum atomic E-state index is -4.94. The molecule has 0 saturated heterocycles. The summed E-state index contributed by atoms with van der Waals surface area (Å²) in [5.74, 6) is -2.25. The van der Waals surface area contributed by atoms with E-state index in [-0.39, 0.29) is 28.5 Å². The molecule has 0 atom stereocenters. The van der Waals surface area contributed by atoms with Gasteiger partial charge in [0.25, 0.3) is 0 Å². The second-order valence-electron chi connectivity index (χ2n) is 7.00. The monoisotopic (exact) mass is 441 g/mol.